The molecule has 0 N–H and O–H groups in total. The normalized spacial score (nSPS) is 9.11. The number of hydrogen-bond acceptors (Lipinski definition) is 1. The van der Waals surface area contributed by atoms with E-state index >= 15 is 0 Å². The van der Waals surface area contributed by atoms with Crippen LogP contribution in [0, 0.1) is 11.8 Å². The van der Waals surface area contributed by atoms with Gasteiger partial charge in [0.15, 0.2) is 0 Å². The maximum Gasteiger partial charge on any atom is 0.0523 e. The third-order valence-corrected chi connectivity index (χ3v) is 2.72. The molecule has 0 heterocycles. The van der Waals surface area contributed by atoms with Gasteiger partial charge < -0.3 is 0 Å². The highest BCUT2D eigenvalue weighted by molar-refractivity contribution is 6.30. The molecule has 4 heteroatoms. The van der Waals surface area contributed by atoms with Gasteiger partial charge in [-0.15, -0.1) is 0 Å². The largest absolute Gasteiger partial charge is 0.0892 e. The number of azide groups is 1. The smallest absolute Gasteiger partial charge is 0.0523 e. The molecule has 2 rings (SSSR count). The van der Waals surface area contributed by atoms with Gasteiger partial charge in [0.25, 0.3) is 0 Å². The lowest BCUT2D eigenvalue weighted by molar-refractivity contribution is 1.04. The monoisotopic (exact) mass is 267 g/mol. The molecule has 0 fully saturated rings. The van der Waals surface area contributed by atoms with E-state index in [4.69, 9.17) is 17.1 Å². The van der Waals surface area contributed by atoms with E-state index in [9.17, 15) is 0 Å². The lowest BCUT2D eigenvalue weighted by atomic mass is 10.1. The molecule has 0 amide bonds. The van der Waals surface area contributed by atoms with Crippen molar-refractivity contribution in [1.82, 2.24) is 0 Å². The number of hydrogen-bond donors (Lipinski definition) is 0. The molecule has 2 aromatic carbocycles. The van der Waals surface area contributed by atoms with Gasteiger partial charge in [-0.3, -0.25) is 0 Å². The Bertz CT molecular complexity index is 678. The quantitative estimate of drug-likeness (QED) is 0.332. The SMILES string of the molecule is [N-]=[N+]=NCc1cc(Cl)ccc1C#Cc1ccccc1. The first kappa shape index (κ1) is 13.0. The molecule has 0 aromatic heterocycles. The lowest BCUT2D eigenvalue weighted by Gasteiger charge is -2.01. The van der Waals surface area contributed by atoms with Crippen molar-refractivity contribution in [3.8, 4) is 11.8 Å². The van der Waals surface area contributed by atoms with Gasteiger partial charge in [0.1, 0.15) is 0 Å². The first-order valence-corrected chi connectivity index (χ1v) is 6.04. The van der Waals surface area contributed by atoms with Gasteiger partial charge in [0.2, 0.25) is 0 Å². The Morgan fingerprint density at radius 1 is 1.11 bits per heavy atom. The molecule has 0 unspecified atom stereocenters. The van der Waals surface area contributed by atoms with Crippen LogP contribution in [0.15, 0.2) is 53.6 Å². The van der Waals surface area contributed by atoms with Crippen molar-refractivity contribution in [3.63, 3.8) is 0 Å². The van der Waals surface area contributed by atoms with Crippen LogP contribution in [0.2, 0.25) is 5.02 Å². The van der Waals surface area contributed by atoms with Crippen LogP contribution >= 0.6 is 11.6 Å². The molecule has 3 nitrogen and oxygen atoms in total. The molecular weight excluding hydrogens is 258 g/mol. The van der Waals surface area contributed by atoms with Crippen molar-refractivity contribution in [1.29, 1.82) is 0 Å². The van der Waals surface area contributed by atoms with Crippen LogP contribution in [-0.2, 0) is 6.54 Å². The number of nitrogens with zero attached hydrogens (tertiary/aromatic N) is 3. The third kappa shape index (κ3) is 3.79. The Hall–Kier alpha value is -2.40. The van der Waals surface area contributed by atoms with Crippen molar-refractivity contribution in [3.05, 3.63) is 80.7 Å². The molecular formula is C15H10ClN3. The summed E-state index contributed by atoms with van der Waals surface area (Å²) in [5.74, 6) is 6.14. The molecule has 0 saturated carbocycles. The molecule has 0 aliphatic heterocycles. The van der Waals surface area contributed by atoms with E-state index < -0.39 is 0 Å². The zero-order valence-electron chi connectivity index (χ0n) is 10.0. The Kier molecular flexibility index (Phi) is 4.47. The van der Waals surface area contributed by atoms with Crippen LogP contribution in [0.25, 0.3) is 10.4 Å². The van der Waals surface area contributed by atoms with E-state index in [2.05, 4.69) is 21.9 Å². The predicted molar refractivity (Wildman–Crippen MR) is 76.7 cm³/mol. The second-order valence-corrected chi connectivity index (χ2v) is 4.24. The summed E-state index contributed by atoms with van der Waals surface area (Å²) in [5, 5.41) is 4.16. The molecule has 0 spiro atoms. The minimum Gasteiger partial charge on any atom is -0.0892 e. The first-order chi connectivity index (χ1) is 9.29. The average Bonchev–Trinajstić information content (AvgIpc) is 2.45. The van der Waals surface area contributed by atoms with Gasteiger partial charge in [0.05, 0.1) is 6.54 Å². The highest BCUT2D eigenvalue weighted by Gasteiger charge is 2.00. The van der Waals surface area contributed by atoms with Gasteiger partial charge in [0, 0.05) is 21.1 Å². The van der Waals surface area contributed by atoms with E-state index in [1.165, 1.54) is 0 Å². The number of rotatable bonds is 2. The Morgan fingerprint density at radius 3 is 2.63 bits per heavy atom. The second-order valence-electron chi connectivity index (χ2n) is 3.81. The summed E-state index contributed by atoms with van der Waals surface area (Å²) >= 11 is 5.93. The second kappa shape index (κ2) is 6.51. The third-order valence-electron chi connectivity index (χ3n) is 2.49. The summed E-state index contributed by atoms with van der Waals surface area (Å²) in [6.45, 7) is 0.246. The van der Waals surface area contributed by atoms with Crippen molar-refractivity contribution in [2.24, 2.45) is 5.11 Å². The van der Waals surface area contributed by atoms with Crippen LogP contribution in [0.1, 0.15) is 16.7 Å². The summed E-state index contributed by atoms with van der Waals surface area (Å²) in [4.78, 5) is 2.75. The maximum atomic E-state index is 8.38. The molecule has 2 aromatic rings. The molecule has 0 atom stereocenters. The fourth-order valence-corrected chi connectivity index (χ4v) is 1.78. The first-order valence-electron chi connectivity index (χ1n) is 5.66. The summed E-state index contributed by atoms with van der Waals surface area (Å²) in [7, 11) is 0. The van der Waals surface area contributed by atoms with Gasteiger partial charge >= 0.3 is 0 Å². The molecule has 19 heavy (non-hydrogen) atoms. The fourth-order valence-electron chi connectivity index (χ4n) is 1.58. The highest BCUT2D eigenvalue weighted by Crippen LogP contribution is 2.16. The molecule has 0 bridgehead atoms. The standard InChI is InChI=1S/C15H10ClN3/c16-15-9-8-13(14(10-15)11-18-19-17)7-6-12-4-2-1-3-5-12/h1-5,8-10H,11H2. The Balaban J connectivity index is 2.35. The molecule has 0 saturated heterocycles. The Morgan fingerprint density at radius 2 is 1.89 bits per heavy atom. The highest BCUT2D eigenvalue weighted by atomic mass is 35.5. The topological polar surface area (TPSA) is 48.8 Å². The summed E-state index contributed by atoms with van der Waals surface area (Å²) in [6, 6.07) is 15.1. The van der Waals surface area contributed by atoms with Crippen molar-refractivity contribution >= 4 is 11.6 Å². The summed E-state index contributed by atoms with van der Waals surface area (Å²) in [5.41, 5.74) is 11.0. The van der Waals surface area contributed by atoms with E-state index in [0.29, 0.717) is 5.02 Å². The zero-order chi connectivity index (χ0) is 13.5. The van der Waals surface area contributed by atoms with Gasteiger partial charge in [-0.25, -0.2) is 0 Å². The minimum atomic E-state index is 0.246. The van der Waals surface area contributed by atoms with Crippen LogP contribution in [0.4, 0.5) is 0 Å². The zero-order valence-corrected chi connectivity index (χ0v) is 10.8. The van der Waals surface area contributed by atoms with Crippen molar-refractivity contribution < 1.29 is 0 Å². The molecule has 0 radical (unpaired) electrons. The molecule has 92 valence electrons. The van der Waals surface area contributed by atoms with Crippen molar-refractivity contribution in [2.45, 2.75) is 6.54 Å². The predicted octanol–water partition coefficient (Wildman–Crippen LogP) is 4.55. The van der Waals surface area contributed by atoms with Crippen LogP contribution in [-0.4, -0.2) is 0 Å². The van der Waals surface area contributed by atoms with Crippen LogP contribution in [0.5, 0.6) is 0 Å². The Labute approximate surface area is 116 Å². The average molecular weight is 268 g/mol. The minimum absolute atomic E-state index is 0.246. The van der Waals surface area contributed by atoms with Gasteiger partial charge in [-0.2, -0.15) is 0 Å². The van der Waals surface area contributed by atoms with Gasteiger partial charge in [-0.05, 0) is 41.4 Å². The molecule has 0 aliphatic rings. The van der Waals surface area contributed by atoms with E-state index in [1.54, 1.807) is 12.1 Å². The number of benzene rings is 2. The van der Waals surface area contributed by atoms with Gasteiger partial charge in [-0.1, -0.05) is 46.8 Å². The number of halogens is 1. The van der Waals surface area contributed by atoms with E-state index in [0.717, 1.165) is 16.7 Å². The van der Waals surface area contributed by atoms with Crippen molar-refractivity contribution in [2.75, 3.05) is 0 Å². The summed E-state index contributed by atoms with van der Waals surface area (Å²) < 4.78 is 0. The molecule has 0 aliphatic carbocycles. The van der Waals surface area contributed by atoms with Crippen LogP contribution in [0.3, 0.4) is 0 Å². The van der Waals surface area contributed by atoms with Crippen LogP contribution < -0.4 is 0 Å². The van der Waals surface area contributed by atoms with E-state index in [1.807, 2.05) is 36.4 Å². The fraction of sp³-hybridized carbons (Fsp3) is 0.0667. The maximum absolute atomic E-state index is 8.38. The summed E-state index contributed by atoms with van der Waals surface area (Å²) in [6.07, 6.45) is 0. The van der Waals surface area contributed by atoms with E-state index in [-0.39, 0.29) is 6.54 Å². The lowest BCUT2D eigenvalue weighted by Crippen LogP contribution is -1.87.